The number of halogens is 3. The number of hydrogen-bond acceptors (Lipinski definition) is 3. The molecule has 0 heterocycles. The molecule has 5 nitrogen and oxygen atoms in total. The first kappa shape index (κ1) is 23.0. The fourth-order valence-corrected chi connectivity index (χ4v) is 2.71. The molecule has 0 amide bonds. The van der Waals surface area contributed by atoms with Crippen molar-refractivity contribution in [3.63, 3.8) is 0 Å². The topological polar surface area (TPSA) is 70.6 Å². The molecule has 0 spiro atoms. The van der Waals surface area contributed by atoms with E-state index < -0.39 is 21.5 Å². The minimum Gasteiger partial charge on any atom is -0.356 e. The summed E-state index contributed by atoms with van der Waals surface area (Å²) >= 11 is 0. The Morgan fingerprint density at radius 3 is 2.54 bits per heavy atom. The number of guanidine groups is 1. The second-order valence-electron chi connectivity index (χ2n) is 5.45. The molecule has 0 saturated heterocycles. The van der Waals surface area contributed by atoms with Crippen LogP contribution in [0.1, 0.15) is 18.9 Å². The third-order valence-corrected chi connectivity index (χ3v) is 4.21. The highest BCUT2D eigenvalue weighted by Crippen LogP contribution is 2.09. The van der Waals surface area contributed by atoms with E-state index in [1.807, 2.05) is 6.92 Å². The number of sulfone groups is 1. The fourth-order valence-electron chi connectivity index (χ4n) is 1.93. The van der Waals surface area contributed by atoms with Gasteiger partial charge in [0.25, 0.3) is 0 Å². The summed E-state index contributed by atoms with van der Waals surface area (Å²) < 4.78 is 48.6. The highest BCUT2D eigenvalue weighted by molar-refractivity contribution is 14.0. The van der Waals surface area contributed by atoms with E-state index in [2.05, 4.69) is 15.6 Å². The smallest absolute Gasteiger partial charge is 0.191 e. The van der Waals surface area contributed by atoms with Gasteiger partial charge in [-0.15, -0.1) is 24.0 Å². The van der Waals surface area contributed by atoms with Gasteiger partial charge in [0.2, 0.25) is 0 Å². The van der Waals surface area contributed by atoms with Crippen molar-refractivity contribution >= 4 is 39.8 Å². The minimum atomic E-state index is -3.00. The van der Waals surface area contributed by atoms with E-state index in [-0.39, 0.29) is 35.8 Å². The molecular weight excluding hydrogens is 451 g/mol. The molecule has 0 saturated carbocycles. The molecule has 0 aromatic heterocycles. The molecule has 0 aliphatic heterocycles. The molecule has 0 bridgehead atoms. The Bertz CT molecular complexity index is 654. The van der Waals surface area contributed by atoms with Crippen LogP contribution in [0.2, 0.25) is 0 Å². The van der Waals surface area contributed by atoms with Crippen LogP contribution in [-0.4, -0.2) is 46.0 Å². The Hall–Kier alpha value is -0.970. The van der Waals surface area contributed by atoms with Gasteiger partial charge in [0.1, 0.15) is 21.5 Å². The third kappa shape index (κ3) is 9.36. The quantitative estimate of drug-likeness (QED) is 0.360. The molecule has 9 heteroatoms. The zero-order valence-electron chi connectivity index (χ0n) is 14.0. The fraction of sp³-hybridized carbons (Fsp3) is 0.533. The molecule has 0 radical (unpaired) electrons. The molecule has 2 N–H and O–H groups in total. The molecule has 1 unspecified atom stereocenters. The van der Waals surface area contributed by atoms with Crippen molar-refractivity contribution in [2.24, 2.45) is 4.99 Å². The van der Waals surface area contributed by atoms with E-state index in [9.17, 15) is 17.2 Å². The summed E-state index contributed by atoms with van der Waals surface area (Å²) in [4.78, 5) is 4.03. The maximum atomic E-state index is 13.5. The van der Waals surface area contributed by atoms with Gasteiger partial charge in [0.15, 0.2) is 5.96 Å². The number of aliphatic imine (C=N–C) groups is 1. The number of nitrogens with zero attached hydrogens (tertiary/aromatic N) is 1. The van der Waals surface area contributed by atoms with Gasteiger partial charge >= 0.3 is 0 Å². The summed E-state index contributed by atoms with van der Waals surface area (Å²) in [5.74, 6) is -0.569. The summed E-state index contributed by atoms with van der Waals surface area (Å²) in [5.41, 5.74) is 0.416. The SMILES string of the molecule is CN=C(NCCc1ccc(F)cc1F)NC(C)CCS(C)(=O)=O.I. The van der Waals surface area contributed by atoms with Gasteiger partial charge in [-0.2, -0.15) is 0 Å². The Morgan fingerprint density at radius 1 is 1.33 bits per heavy atom. The van der Waals surface area contributed by atoms with E-state index in [0.29, 0.717) is 30.9 Å². The summed E-state index contributed by atoms with van der Waals surface area (Å²) in [7, 11) is -1.40. The van der Waals surface area contributed by atoms with Crippen molar-refractivity contribution in [1.29, 1.82) is 0 Å². The van der Waals surface area contributed by atoms with E-state index in [0.717, 1.165) is 6.07 Å². The van der Waals surface area contributed by atoms with Crippen LogP contribution in [0.15, 0.2) is 23.2 Å². The predicted octanol–water partition coefficient (Wildman–Crippen LogP) is 2.11. The highest BCUT2D eigenvalue weighted by atomic mass is 127. The lowest BCUT2D eigenvalue weighted by Crippen LogP contribution is -2.43. The van der Waals surface area contributed by atoms with Crippen LogP contribution >= 0.6 is 24.0 Å². The van der Waals surface area contributed by atoms with Gasteiger partial charge < -0.3 is 10.6 Å². The van der Waals surface area contributed by atoms with Crippen LogP contribution < -0.4 is 10.6 Å². The molecule has 1 aromatic rings. The van der Waals surface area contributed by atoms with Crippen LogP contribution in [0.5, 0.6) is 0 Å². The van der Waals surface area contributed by atoms with Crippen molar-refractivity contribution in [2.75, 3.05) is 25.6 Å². The van der Waals surface area contributed by atoms with E-state index in [4.69, 9.17) is 0 Å². The second kappa shape index (κ2) is 10.8. The van der Waals surface area contributed by atoms with Crippen LogP contribution in [0.4, 0.5) is 8.78 Å². The number of benzene rings is 1. The molecule has 1 atom stereocenters. The van der Waals surface area contributed by atoms with Gasteiger partial charge in [-0.05, 0) is 31.4 Å². The first-order valence-electron chi connectivity index (χ1n) is 7.30. The van der Waals surface area contributed by atoms with E-state index in [1.165, 1.54) is 18.4 Å². The maximum absolute atomic E-state index is 13.5. The Morgan fingerprint density at radius 2 is 2.00 bits per heavy atom. The zero-order valence-corrected chi connectivity index (χ0v) is 17.1. The molecule has 0 aliphatic carbocycles. The predicted molar refractivity (Wildman–Crippen MR) is 104 cm³/mol. The monoisotopic (exact) mass is 475 g/mol. The molecule has 0 fully saturated rings. The average molecular weight is 475 g/mol. The molecular formula is C15H24F2IN3O2S. The summed E-state index contributed by atoms with van der Waals surface area (Å²) in [6, 6.07) is 3.42. The van der Waals surface area contributed by atoms with Crippen molar-refractivity contribution in [3.8, 4) is 0 Å². The standard InChI is InChI=1S/C15H23F2N3O2S.HI/c1-11(7-9-23(3,21)22)20-15(18-2)19-8-6-12-4-5-13(16)10-14(12)17;/h4-5,10-11H,6-9H2,1-3H3,(H2,18,19,20);1H. The van der Waals surface area contributed by atoms with Gasteiger partial charge in [0, 0.05) is 32.0 Å². The van der Waals surface area contributed by atoms with Gasteiger partial charge in [0.05, 0.1) is 5.75 Å². The van der Waals surface area contributed by atoms with E-state index >= 15 is 0 Å². The lowest BCUT2D eigenvalue weighted by molar-refractivity contribution is 0.569. The van der Waals surface area contributed by atoms with Crippen molar-refractivity contribution in [3.05, 3.63) is 35.4 Å². The second-order valence-corrected chi connectivity index (χ2v) is 7.71. The lowest BCUT2D eigenvalue weighted by atomic mass is 10.1. The summed E-state index contributed by atoms with van der Waals surface area (Å²) in [5, 5.41) is 6.09. The van der Waals surface area contributed by atoms with Gasteiger partial charge in [-0.1, -0.05) is 6.07 Å². The molecule has 1 rings (SSSR count). The zero-order chi connectivity index (χ0) is 17.5. The average Bonchev–Trinajstić information content (AvgIpc) is 2.45. The van der Waals surface area contributed by atoms with Crippen LogP contribution in [0.25, 0.3) is 0 Å². The van der Waals surface area contributed by atoms with Crippen LogP contribution in [0.3, 0.4) is 0 Å². The van der Waals surface area contributed by atoms with E-state index in [1.54, 1.807) is 7.05 Å². The first-order valence-corrected chi connectivity index (χ1v) is 9.36. The Labute approximate surface area is 159 Å². The normalized spacial score (nSPS) is 13.1. The number of hydrogen-bond donors (Lipinski definition) is 2. The number of nitrogens with one attached hydrogen (secondary N) is 2. The summed E-state index contributed by atoms with van der Waals surface area (Å²) in [6.07, 6.45) is 2.04. The van der Waals surface area contributed by atoms with Crippen molar-refractivity contribution in [1.82, 2.24) is 10.6 Å². The summed E-state index contributed by atoms with van der Waals surface area (Å²) in [6.45, 7) is 2.28. The molecule has 138 valence electrons. The third-order valence-electron chi connectivity index (χ3n) is 3.23. The van der Waals surface area contributed by atoms with Crippen molar-refractivity contribution in [2.45, 2.75) is 25.8 Å². The first-order chi connectivity index (χ1) is 10.7. The lowest BCUT2D eigenvalue weighted by Gasteiger charge is -2.17. The van der Waals surface area contributed by atoms with Crippen molar-refractivity contribution < 1.29 is 17.2 Å². The van der Waals surface area contributed by atoms with Crippen LogP contribution in [0, 0.1) is 11.6 Å². The Balaban J connectivity index is 0.00000529. The highest BCUT2D eigenvalue weighted by Gasteiger charge is 2.10. The largest absolute Gasteiger partial charge is 0.356 e. The molecule has 24 heavy (non-hydrogen) atoms. The number of rotatable bonds is 7. The maximum Gasteiger partial charge on any atom is 0.191 e. The van der Waals surface area contributed by atoms with Gasteiger partial charge in [-0.3, -0.25) is 4.99 Å². The van der Waals surface area contributed by atoms with Gasteiger partial charge in [-0.25, -0.2) is 17.2 Å². The molecule has 1 aromatic carbocycles. The van der Waals surface area contributed by atoms with Crippen LogP contribution in [-0.2, 0) is 16.3 Å². The minimum absolute atomic E-state index is 0. The Kier molecular flexibility index (Phi) is 10.4. The molecule has 0 aliphatic rings.